The van der Waals surface area contributed by atoms with Gasteiger partial charge in [-0.1, -0.05) is 29.8 Å². The Kier molecular flexibility index (Phi) is 4.60. The summed E-state index contributed by atoms with van der Waals surface area (Å²) in [7, 11) is 0. The van der Waals surface area contributed by atoms with Crippen LogP contribution in [0, 0.1) is 18.3 Å². The minimum Gasteiger partial charge on any atom is -0.292 e. The number of aromatic nitrogens is 2. The van der Waals surface area contributed by atoms with Crippen LogP contribution in [-0.4, -0.2) is 9.55 Å². The highest BCUT2D eigenvalue weighted by molar-refractivity contribution is 7.18. The molecule has 0 saturated heterocycles. The highest BCUT2D eigenvalue weighted by Gasteiger charge is 2.22. The smallest absolute Gasteiger partial charge is 0.262 e. The van der Waals surface area contributed by atoms with Gasteiger partial charge < -0.3 is 0 Å². The minimum absolute atomic E-state index is 0.0583. The van der Waals surface area contributed by atoms with Gasteiger partial charge in [0.05, 0.1) is 11.5 Å². The van der Waals surface area contributed by atoms with Crippen molar-refractivity contribution in [3.05, 3.63) is 50.6 Å². The lowest BCUT2D eigenvalue weighted by atomic mass is 9.97. The van der Waals surface area contributed by atoms with Crippen LogP contribution in [0.4, 0.5) is 0 Å². The van der Waals surface area contributed by atoms with Gasteiger partial charge in [-0.25, -0.2) is 4.98 Å². The Bertz CT molecular complexity index is 1050. The molecule has 1 aliphatic rings. The van der Waals surface area contributed by atoms with Gasteiger partial charge in [-0.15, -0.1) is 11.3 Å². The Hall–Kier alpha value is -2.45. The van der Waals surface area contributed by atoms with Crippen molar-refractivity contribution in [2.75, 3.05) is 0 Å². The second-order valence-corrected chi connectivity index (χ2v) is 7.99. The van der Waals surface area contributed by atoms with Gasteiger partial charge in [-0.2, -0.15) is 5.26 Å². The van der Waals surface area contributed by atoms with E-state index in [1.54, 1.807) is 15.9 Å². The number of fused-ring (bicyclic) bond motifs is 3. The van der Waals surface area contributed by atoms with Gasteiger partial charge in [0, 0.05) is 23.4 Å². The average Bonchev–Trinajstić information content (AvgIpc) is 3.03. The van der Waals surface area contributed by atoms with E-state index < -0.39 is 0 Å². The molecule has 3 aromatic rings. The molecule has 0 radical (unpaired) electrons. The number of hydrogen-bond donors (Lipinski definition) is 0. The van der Waals surface area contributed by atoms with E-state index in [1.807, 2.05) is 31.2 Å². The number of hydrogen-bond acceptors (Lipinski definition) is 4. The van der Waals surface area contributed by atoms with Gasteiger partial charge in [0.2, 0.25) is 0 Å². The van der Waals surface area contributed by atoms with E-state index in [0.717, 1.165) is 40.9 Å². The molecule has 0 unspecified atom stereocenters. The van der Waals surface area contributed by atoms with E-state index in [0.29, 0.717) is 19.4 Å². The minimum atomic E-state index is 0.0583. The molecule has 0 N–H and O–H groups in total. The molecule has 4 nitrogen and oxygen atoms in total. The molecule has 0 fully saturated rings. The van der Waals surface area contributed by atoms with Gasteiger partial charge in [0.25, 0.3) is 5.56 Å². The van der Waals surface area contributed by atoms with Crippen LogP contribution in [0.5, 0.6) is 0 Å². The quantitative estimate of drug-likeness (QED) is 0.636. The summed E-state index contributed by atoms with van der Waals surface area (Å²) < 4.78 is 1.78. The zero-order valence-electron chi connectivity index (χ0n) is 14.9. The van der Waals surface area contributed by atoms with Crippen LogP contribution in [0.15, 0.2) is 29.1 Å². The maximum absolute atomic E-state index is 13.4. The van der Waals surface area contributed by atoms with Gasteiger partial charge in [-0.05, 0) is 44.6 Å². The van der Waals surface area contributed by atoms with Crippen molar-refractivity contribution in [2.24, 2.45) is 0 Å². The topological polar surface area (TPSA) is 58.7 Å². The number of aryl methyl sites for hydroxylation is 3. The van der Waals surface area contributed by atoms with Crippen molar-refractivity contribution in [1.29, 1.82) is 5.26 Å². The van der Waals surface area contributed by atoms with Crippen molar-refractivity contribution in [3.8, 4) is 17.5 Å². The number of benzene rings is 1. The molecular weight excluding hydrogens is 342 g/mol. The fourth-order valence-electron chi connectivity index (χ4n) is 3.69. The van der Waals surface area contributed by atoms with Gasteiger partial charge in [0.1, 0.15) is 10.7 Å². The Balaban J connectivity index is 1.93. The van der Waals surface area contributed by atoms with Crippen molar-refractivity contribution in [2.45, 2.75) is 52.0 Å². The summed E-state index contributed by atoms with van der Waals surface area (Å²) in [5, 5.41) is 9.69. The SMILES string of the molecule is Cc1ccc(-c2nc3sc4c(c3c(=O)n2CCCC#N)CCCC4)cc1. The van der Waals surface area contributed by atoms with Crippen LogP contribution in [0.25, 0.3) is 21.6 Å². The average molecular weight is 363 g/mol. The fourth-order valence-corrected chi connectivity index (χ4v) is 4.94. The second kappa shape index (κ2) is 7.05. The summed E-state index contributed by atoms with van der Waals surface area (Å²) in [6.07, 6.45) is 5.49. The Labute approximate surface area is 156 Å². The molecule has 0 amide bonds. The van der Waals surface area contributed by atoms with Crippen LogP contribution >= 0.6 is 11.3 Å². The lowest BCUT2D eigenvalue weighted by Gasteiger charge is -2.13. The molecule has 4 rings (SSSR count). The molecule has 2 heterocycles. The molecule has 26 heavy (non-hydrogen) atoms. The van der Waals surface area contributed by atoms with Gasteiger partial charge in [0.15, 0.2) is 0 Å². The summed E-state index contributed by atoms with van der Waals surface area (Å²) >= 11 is 1.69. The molecule has 0 saturated carbocycles. The molecule has 0 atom stereocenters. The monoisotopic (exact) mass is 363 g/mol. The molecular formula is C21H21N3OS. The largest absolute Gasteiger partial charge is 0.292 e. The van der Waals surface area contributed by atoms with Crippen molar-refractivity contribution in [3.63, 3.8) is 0 Å². The van der Waals surface area contributed by atoms with Crippen LogP contribution < -0.4 is 5.56 Å². The predicted molar refractivity (Wildman–Crippen MR) is 106 cm³/mol. The summed E-state index contributed by atoms with van der Waals surface area (Å²) in [5.74, 6) is 0.721. The van der Waals surface area contributed by atoms with Gasteiger partial charge >= 0.3 is 0 Å². The zero-order chi connectivity index (χ0) is 18.1. The second-order valence-electron chi connectivity index (χ2n) is 6.91. The molecule has 0 aliphatic heterocycles. The summed E-state index contributed by atoms with van der Waals surface area (Å²) in [5.41, 5.74) is 3.42. The predicted octanol–water partition coefficient (Wildman–Crippen LogP) is 4.62. The number of nitriles is 1. The van der Waals surface area contributed by atoms with Crippen LogP contribution in [0.1, 0.15) is 41.7 Å². The van der Waals surface area contributed by atoms with E-state index in [-0.39, 0.29) is 5.56 Å². The zero-order valence-corrected chi connectivity index (χ0v) is 15.7. The van der Waals surface area contributed by atoms with Crippen molar-refractivity contribution >= 4 is 21.6 Å². The molecule has 2 aromatic heterocycles. The fraction of sp³-hybridized carbons (Fsp3) is 0.381. The van der Waals surface area contributed by atoms with Crippen LogP contribution in [0.2, 0.25) is 0 Å². The molecule has 132 valence electrons. The molecule has 1 aromatic carbocycles. The third-order valence-corrected chi connectivity index (χ3v) is 6.24. The Morgan fingerprint density at radius 3 is 2.77 bits per heavy atom. The van der Waals surface area contributed by atoms with Crippen molar-refractivity contribution < 1.29 is 0 Å². The summed E-state index contributed by atoms with van der Waals surface area (Å²) in [6.45, 7) is 2.58. The number of rotatable bonds is 4. The number of unbranched alkanes of at least 4 members (excludes halogenated alkanes) is 1. The van der Waals surface area contributed by atoms with E-state index in [2.05, 4.69) is 6.07 Å². The number of nitrogens with zero attached hydrogens (tertiary/aromatic N) is 3. The molecule has 5 heteroatoms. The van der Waals surface area contributed by atoms with Crippen LogP contribution in [-0.2, 0) is 19.4 Å². The summed E-state index contributed by atoms with van der Waals surface area (Å²) in [4.78, 5) is 20.5. The van der Waals surface area contributed by atoms with Crippen molar-refractivity contribution in [1.82, 2.24) is 9.55 Å². The first-order valence-corrected chi connectivity index (χ1v) is 10.00. The molecule has 0 spiro atoms. The first-order chi connectivity index (χ1) is 12.7. The summed E-state index contributed by atoms with van der Waals surface area (Å²) in [6, 6.07) is 10.3. The lowest BCUT2D eigenvalue weighted by molar-refractivity contribution is 0.633. The first kappa shape index (κ1) is 17.0. The molecule has 1 aliphatic carbocycles. The van der Waals surface area contributed by atoms with E-state index in [4.69, 9.17) is 10.2 Å². The normalized spacial score (nSPS) is 13.5. The highest BCUT2D eigenvalue weighted by Crippen LogP contribution is 2.34. The third-order valence-electron chi connectivity index (χ3n) is 5.05. The highest BCUT2D eigenvalue weighted by atomic mass is 32.1. The number of thiophene rings is 1. The van der Waals surface area contributed by atoms with Crippen LogP contribution in [0.3, 0.4) is 0 Å². The lowest BCUT2D eigenvalue weighted by Crippen LogP contribution is -2.24. The van der Waals surface area contributed by atoms with E-state index in [1.165, 1.54) is 22.4 Å². The standard InChI is InChI=1S/C21H21N3OS/c1-14-8-10-15(11-9-14)19-23-20-18(16-6-2-3-7-17(16)26-20)21(25)24(19)13-5-4-12-22/h8-11H,2-7,13H2,1H3. The molecule has 0 bridgehead atoms. The van der Waals surface area contributed by atoms with E-state index >= 15 is 0 Å². The Morgan fingerprint density at radius 2 is 2.00 bits per heavy atom. The maximum Gasteiger partial charge on any atom is 0.262 e. The Morgan fingerprint density at radius 1 is 1.23 bits per heavy atom. The van der Waals surface area contributed by atoms with Gasteiger partial charge in [-0.3, -0.25) is 9.36 Å². The third kappa shape index (κ3) is 2.95. The maximum atomic E-state index is 13.4. The first-order valence-electron chi connectivity index (χ1n) is 9.18. The van der Waals surface area contributed by atoms with E-state index in [9.17, 15) is 4.79 Å².